The van der Waals surface area contributed by atoms with Gasteiger partial charge in [-0.1, -0.05) is 25.0 Å². The Morgan fingerprint density at radius 2 is 1.68 bits per heavy atom. The van der Waals surface area contributed by atoms with Crippen molar-refractivity contribution >= 4 is 17.4 Å². The first-order valence-electron chi connectivity index (χ1n) is 12.9. The highest BCUT2D eigenvalue weighted by atomic mass is 19.4. The van der Waals surface area contributed by atoms with E-state index in [1.54, 1.807) is 12.1 Å². The van der Waals surface area contributed by atoms with E-state index >= 15 is 0 Å². The molecule has 1 aromatic heterocycles. The zero-order chi connectivity index (χ0) is 26.7. The standard InChI is InChI=1S/C27H30F3N5O3/c28-27(29,30)19-9-7-18(8-10-19)25-16-31-26(38-25)33-24-6-2-1-5-23(24)32-20-4-3-15-34(17-20)21-11-13-22(14-12-21)35(36)37/h7-14,16,20,23-24,32H,1-6,15,17H2,(H,31,33)/t20-,23+,24+/m0/s1. The number of oxazole rings is 1. The number of hydrogen-bond acceptors (Lipinski definition) is 7. The molecule has 8 nitrogen and oxygen atoms in total. The number of hydrogen-bond donors (Lipinski definition) is 2. The van der Waals surface area contributed by atoms with Crippen LogP contribution < -0.4 is 15.5 Å². The van der Waals surface area contributed by atoms with E-state index in [2.05, 4.69) is 20.5 Å². The van der Waals surface area contributed by atoms with Gasteiger partial charge in [-0.05, 0) is 49.9 Å². The van der Waals surface area contributed by atoms with E-state index in [0.29, 0.717) is 17.3 Å². The summed E-state index contributed by atoms with van der Waals surface area (Å²) in [6, 6.07) is 12.5. The van der Waals surface area contributed by atoms with E-state index in [4.69, 9.17) is 4.42 Å². The van der Waals surface area contributed by atoms with E-state index in [1.807, 2.05) is 12.1 Å². The first-order chi connectivity index (χ1) is 18.3. The molecule has 1 saturated carbocycles. The van der Waals surface area contributed by atoms with Gasteiger partial charge in [0.15, 0.2) is 5.76 Å². The normalized spacial score (nSPS) is 22.3. The third-order valence-electron chi connectivity index (χ3n) is 7.37. The molecule has 202 valence electrons. The van der Waals surface area contributed by atoms with Crippen molar-refractivity contribution in [2.75, 3.05) is 23.3 Å². The molecule has 0 amide bonds. The predicted molar refractivity (Wildman–Crippen MR) is 138 cm³/mol. The summed E-state index contributed by atoms with van der Waals surface area (Å²) in [4.78, 5) is 17.2. The average molecular weight is 530 g/mol. The summed E-state index contributed by atoms with van der Waals surface area (Å²) >= 11 is 0. The molecule has 1 aliphatic heterocycles. The van der Waals surface area contributed by atoms with Crippen molar-refractivity contribution in [1.29, 1.82) is 0 Å². The van der Waals surface area contributed by atoms with E-state index in [1.165, 1.54) is 18.3 Å². The van der Waals surface area contributed by atoms with E-state index < -0.39 is 11.7 Å². The number of nitro benzene ring substituents is 1. The molecule has 0 unspecified atom stereocenters. The Labute approximate surface area is 218 Å². The van der Waals surface area contributed by atoms with Crippen LogP contribution in [-0.4, -0.2) is 41.1 Å². The van der Waals surface area contributed by atoms with E-state index in [-0.39, 0.29) is 28.7 Å². The van der Waals surface area contributed by atoms with Crippen LogP contribution in [0.2, 0.25) is 0 Å². The highest BCUT2D eigenvalue weighted by molar-refractivity contribution is 5.58. The Kier molecular flexibility index (Phi) is 7.55. The Bertz CT molecular complexity index is 1230. The summed E-state index contributed by atoms with van der Waals surface area (Å²) < 4.78 is 44.4. The van der Waals surface area contributed by atoms with Crippen molar-refractivity contribution in [3.05, 3.63) is 70.4 Å². The van der Waals surface area contributed by atoms with Crippen LogP contribution in [0.1, 0.15) is 44.1 Å². The summed E-state index contributed by atoms with van der Waals surface area (Å²) in [5.41, 5.74) is 0.899. The molecule has 1 aliphatic carbocycles. The lowest BCUT2D eigenvalue weighted by Crippen LogP contribution is -2.54. The van der Waals surface area contributed by atoms with Crippen molar-refractivity contribution in [2.24, 2.45) is 0 Å². The SMILES string of the molecule is O=[N+]([O-])c1ccc(N2CCC[C@H](N[C@@H]3CCCC[C@H]3Nc3ncc(-c4ccc(C(F)(F)F)cc4)o3)C2)cc1. The van der Waals surface area contributed by atoms with Gasteiger partial charge in [0.1, 0.15) is 0 Å². The van der Waals surface area contributed by atoms with Gasteiger partial charge in [-0.3, -0.25) is 10.1 Å². The summed E-state index contributed by atoms with van der Waals surface area (Å²) in [5, 5.41) is 18.2. The molecule has 2 fully saturated rings. The first kappa shape index (κ1) is 26.0. The number of nitrogens with one attached hydrogen (secondary N) is 2. The molecular formula is C27H30F3N5O3. The predicted octanol–water partition coefficient (Wildman–Crippen LogP) is 6.25. The smallest absolute Gasteiger partial charge is 0.416 e. The molecule has 2 aliphatic rings. The molecule has 38 heavy (non-hydrogen) atoms. The largest absolute Gasteiger partial charge is 0.424 e. The summed E-state index contributed by atoms with van der Waals surface area (Å²) in [6.45, 7) is 1.73. The molecule has 3 atom stereocenters. The van der Waals surface area contributed by atoms with Crippen molar-refractivity contribution in [3.63, 3.8) is 0 Å². The summed E-state index contributed by atoms with van der Waals surface area (Å²) in [5.74, 6) is 0.410. The second kappa shape index (κ2) is 11.0. The molecule has 1 saturated heterocycles. The Balaban J connectivity index is 1.21. The molecule has 2 heterocycles. The number of rotatable bonds is 7. The minimum absolute atomic E-state index is 0.0876. The Morgan fingerprint density at radius 1 is 0.974 bits per heavy atom. The van der Waals surface area contributed by atoms with Gasteiger partial charge < -0.3 is 20.0 Å². The number of benzene rings is 2. The van der Waals surface area contributed by atoms with E-state index in [9.17, 15) is 23.3 Å². The Morgan fingerprint density at radius 3 is 2.37 bits per heavy atom. The van der Waals surface area contributed by atoms with Gasteiger partial charge in [0.2, 0.25) is 0 Å². The van der Waals surface area contributed by atoms with Crippen LogP contribution in [0.3, 0.4) is 0 Å². The average Bonchev–Trinajstić information content (AvgIpc) is 3.38. The second-order valence-corrected chi connectivity index (χ2v) is 9.97. The second-order valence-electron chi connectivity index (χ2n) is 9.97. The fraction of sp³-hybridized carbons (Fsp3) is 0.444. The van der Waals surface area contributed by atoms with Crippen LogP contribution in [-0.2, 0) is 6.18 Å². The lowest BCUT2D eigenvalue weighted by Gasteiger charge is -2.40. The van der Waals surface area contributed by atoms with Crippen molar-refractivity contribution in [1.82, 2.24) is 10.3 Å². The summed E-state index contributed by atoms with van der Waals surface area (Å²) in [7, 11) is 0. The first-order valence-corrected chi connectivity index (χ1v) is 12.9. The van der Waals surface area contributed by atoms with Crippen LogP contribution in [0.4, 0.5) is 30.6 Å². The van der Waals surface area contributed by atoms with Gasteiger partial charge in [-0.15, -0.1) is 0 Å². The quantitative estimate of drug-likeness (QED) is 0.276. The number of nitro groups is 1. The topological polar surface area (TPSA) is 96.5 Å². The maximum absolute atomic E-state index is 12.9. The number of non-ortho nitro benzene ring substituents is 1. The van der Waals surface area contributed by atoms with Crippen molar-refractivity contribution < 1.29 is 22.5 Å². The fourth-order valence-corrected chi connectivity index (χ4v) is 5.40. The van der Waals surface area contributed by atoms with Crippen LogP contribution >= 0.6 is 0 Å². The molecule has 0 spiro atoms. The number of anilines is 2. The molecule has 5 rings (SSSR count). The third kappa shape index (κ3) is 6.09. The van der Waals surface area contributed by atoms with Gasteiger partial charge in [0, 0.05) is 54.6 Å². The van der Waals surface area contributed by atoms with Gasteiger partial charge in [0.25, 0.3) is 11.7 Å². The highest BCUT2D eigenvalue weighted by Gasteiger charge is 2.31. The van der Waals surface area contributed by atoms with Crippen LogP contribution in [0.5, 0.6) is 0 Å². The highest BCUT2D eigenvalue weighted by Crippen LogP contribution is 2.32. The molecule has 11 heteroatoms. The molecular weight excluding hydrogens is 499 g/mol. The van der Waals surface area contributed by atoms with Gasteiger partial charge in [-0.2, -0.15) is 13.2 Å². The number of piperidine rings is 1. The molecule has 0 radical (unpaired) electrons. The van der Waals surface area contributed by atoms with E-state index in [0.717, 1.165) is 69.4 Å². The van der Waals surface area contributed by atoms with Gasteiger partial charge >= 0.3 is 6.18 Å². The number of aromatic nitrogens is 1. The van der Waals surface area contributed by atoms with Crippen LogP contribution in [0, 0.1) is 10.1 Å². The van der Waals surface area contributed by atoms with Crippen LogP contribution in [0.25, 0.3) is 11.3 Å². The lowest BCUT2D eigenvalue weighted by atomic mass is 9.89. The molecule has 0 bridgehead atoms. The maximum Gasteiger partial charge on any atom is 0.416 e. The zero-order valence-electron chi connectivity index (χ0n) is 20.8. The maximum atomic E-state index is 12.9. The molecule has 2 N–H and O–H groups in total. The number of alkyl halides is 3. The van der Waals surface area contributed by atoms with Crippen molar-refractivity contribution in [3.8, 4) is 11.3 Å². The van der Waals surface area contributed by atoms with Crippen LogP contribution in [0.15, 0.2) is 59.1 Å². The lowest BCUT2D eigenvalue weighted by molar-refractivity contribution is -0.384. The Hall–Kier alpha value is -3.60. The zero-order valence-corrected chi connectivity index (χ0v) is 20.8. The van der Waals surface area contributed by atoms with Gasteiger partial charge in [-0.25, -0.2) is 4.98 Å². The minimum Gasteiger partial charge on any atom is -0.424 e. The van der Waals surface area contributed by atoms with Gasteiger partial charge in [0.05, 0.1) is 16.7 Å². The summed E-state index contributed by atoms with van der Waals surface area (Å²) in [6.07, 6.45) is 3.39. The van der Waals surface area contributed by atoms with Crippen molar-refractivity contribution in [2.45, 2.75) is 62.8 Å². The number of nitrogens with zero attached hydrogens (tertiary/aromatic N) is 3. The minimum atomic E-state index is -4.38. The number of halogens is 3. The molecule has 3 aromatic rings. The molecule has 2 aromatic carbocycles. The fourth-order valence-electron chi connectivity index (χ4n) is 5.40. The monoisotopic (exact) mass is 529 g/mol. The third-order valence-corrected chi connectivity index (χ3v) is 7.37.